The number of nitrogens with zero attached hydrogens (tertiary/aromatic N) is 3. The summed E-state index contributed by atoms with van der Waals surface area (Å²) in [5.74, 6) is -0.0142. The predicted octanol–water partition coefficient (Wildman–Crippen LogP) is 1.18. The van der Waals surface area contributed by atoms with Gasteiger partial charge in [0.2, 0.25) is 0 Å². The van der Waals surface area contributed by atoms with Gasteiger partial charge in [0.1, 0.15) is 0 Å². The molecule has 0 radical (unpaired) electrons. The van der Waals surface area contributed by atoms with Gasteiger partial charge in [-0.25, -0.2) is 9.78 Å². The first kappa shape index (κ1) is 17.0. The van der Waals surface area contributed by atoms with Crippen molar-refractivity contribution in [3.63, 3.8) is 0 Å². The topological polar surface area (TPSA) is 88.5 Å². The van der Waals surface area contributed by atoms with E-state index in [1.165, 1.54) is 0 Å². The number of ether oxygens (including phenoxy) is 1. The van der Waals surface area contributed by atoms with Gasteiger partial charge >= 0.3 is 6.03 Å². The third-order valence-corrected chi connectivity index (χ3v) is 3.90. The van der Waals surface area contributed by atoms with Gasteiger partial charge in [-0.05, 0) is 24.3 Å². The molecular weight excluding hydrogens is 322 g/mol. The number of carbonyl (C=O) groups is 2. The molecule has 2 N–H and O–H groups in total. The zero-order valence-electron chi connectivity index (χ0n) is 13.9. The summed E-state index contributed by atoms with van der Waals surface area (Å²) in [4.78, 5) is 29.9. The molecule has 1 aliphatic heterocycles. The third kappa shape index (κ3) is 4.80. The summed E-state index contributed by atoms with van der Waals surface area (Å²) in [5, 5.41) is 5.52. The Balaban J connectivity index is 1.46. The predicted molar refractivity (Wildman–Crippen MR) is 92.4 cm³/mol. The number of morpholine rings is 1. The number of amides is 3. The first-order chi connectivity index (χ1) is 12.2. The molecule has 0 bridgehead atoms. The Morgan fingerprint density at radius 2 is 1.92 bits per heavy atom. The summed E-state index contributed by atoms with van der Waals surface area (Å²) >= 11 is 0. The zero-order chi connectivity index (χ0) is 17.5. The fourth-order valence-corrected chi connectivity index (χ4v) is 2.54. The van der Waals surface area contributed by atoms with E-state index in [1.807, 2.05) is 10.8 Å². The quantitative estimate of drug-likeness (QED) is 0.853. The molecular formula is C17H21N5O3. The lowest BCUT2D eigenvalue weighted by atomic mass is 10.1. The van der Waals surface area contributed by atoms with Crippen LogP contribution in [-0.2, 0) is 11.3 Å². The molecule has 1 fully saturated rings. The van der Waals surface area contributed by atoms with Gasteiger partial charge in [-0.15, -0.1) is 0 Å². The second-order valence-electron chi connectivity index (χ2n) is 5.66. The van der Waals surface area contributed by atoms with E-state index in [9.17, 15) is 9.59 Å². The molecule has 1 aromatic carbocycles. The molecule has 2 aromatic rings. The van der Waals surface area contributed by atoms with E-state index in [1.54, 1.807) is 41.7 Å². The molecule has 1 saturated heterocycles. The number of carbonyl (C=O) groups excluding carboxylic acids is 2. The fraction of sp³-hybridized carbons (Fsp3) is 0.353. The number of hydrogen-bond acceptors (Lipinski definition) is 4. The summed E-state index contributed by atoms with van der Waals surface area (Å²) in [6.07, 6.45) is 5.23. The maximum absolute atomic E-state index is 12.4. The number of hydrogen-bond donors (Lipinski definition) is 2. The van der Waals surface area contributed by atoms with Crippen molar-refractivity contribution >= 4 is 17.6 Å². The lowest BCUT2D eigenvalue weighted by Gasteiger charge is -2.26. The highest BCUT2D eigenvalue weighted by atomic mass is 16.5. The van der Waals surface area contributed by atoms with Crippen molar-refractivity contribution in [2.75, 3.05) is 38.2 Å². The smallest absolute Gasteiger partial charge is 0.319 e. The number of aromatic nitrogens is 2. The second-order valence-corrected chi connectivity index (χ2v) is 5.66. The molecule has 3 amide bonds. The van der Waals surface area contributed by atoms with Crippen molar-refractivity contribution in [3.05, 3.63) is 48.5 Å². The van der Waals surface area contributed by atoms with Crippen LogP contribution < -0.4 is 10.6 Å². The molecule has 132 valence electrons. The summed E-state index contributed by atoms with van der Waals surface area (Å²) < 4.78 is 7.13. The maximum atomic E-state index is 12.4. The summed E-state index contributed by atoms with van der Waals surface area (Å²) in [5.41, 5.74) is 1.24. The normalized spacial score (nSPS) is 14.2. The van der Waals surface area contributed by atoms with Crippen molar-refractivity contribution in [2.24, 2.45) is 0 Å². The minimum absolute atomic E-state index is 0.0142. The SMILES string of the molecule is O=C(NCCn1ccnc1)Nc1ccc(C(=O)N2CCOCC2)cc1. The van der Waals surface area contributed by atoms with Crippen LogP contribution in [-0.4, -0.2) is 59.2 Å². The Morgan fingerprint density at radius 1 is 1.16 bits per heavy atom. The first-order valence-electron chi connectivity index (χ1n) is 8.20. The van der Waals surface area contributed by atoms with E-state index in [2.05, 4.69) is 15.6 Å². The fourth-order valence-electron chi connectivity index (χ4n) is 2.54. The van der Waals surface area contributed by atoms with Crippen LogP contribution in [0.4, 0.5) is 10.5 Å². The van der Waals surface area contributed by atoms with Gasteiger partial charge < -0.3 is 24.8 Å². The number of rotatable bonds is 5. The van der Waals surface area contributed by atoms with Crippen molar-refractivity contribution in [1.29, 1.82) is 0 Å². The van der Waals surface area contributed by atoms with Gasteiger partial charge in [-0.3, -0.25) is 4.79 Å². The van der Waals surface area contributed by atoms with Crippen LogP contribution in [0.25, 0.3) is 0 Å². The van der Waals surface area contributed by atoms with Crippen LogP contribution in [0.1, 0.15) is 10.4 Å². The maximum Gasteiger partial charge on any atom is 0.319 e. The van der Waals surface area contributed by atoms with Gasteiger partial charge in [-0.2, -0.15) is 0 Å². The Hall–Kier alpha value is -2.87. The van der Waals surface area contributed by atoms with Crippen molar-refractivity contribution in [1.82, 2.24) is 19.8 Å². The summed E-state index contributed by atoms with van der Waals surface area (Å²) in [6, 6.07) is 6.61. The largest absolute Gasteiger partial charge is 0.378 e. The molecule has 25 heavy (non-hydrogen) atoms. The van der Waals surface area contributed by atoms with Crippen LogP contribution in [0.15, 0.2) is 43.0 Å². The van der Waals surface area contributed by atoms with Crippen molar-refractivity contribution in [2.45, 2.75) is 6.54 Å². The highest BCUT2D eigenvalue weighted by Crippen LogP contribution is 2.12. The first-order valence-corrected chi connectivity index (χ1v) is 8.20. The van der Waals surface area contributed by atoms with E-state index in [-0.39, 0.29) is 11.9 Å². The number of imidazole rings is 1. The monoisotopic (exact) mass is 343 g/mol. The van der Waals surface area contributed by atoms with Gasteiger partial charge in [0.05, 0.1) is 19.5 Å². The molecule has 1 aliphatic rings. The molecule has 2 heterocycles. The minimum atomic E-state index is -0.285. The Bertz CT molecular complexity index is 694. The molecule has 0 spiro atoms. The van der Waals surface area contributed by atoms with Crippen LogP contribution in [0.5, 0.6) is 0 Å². The van der Waals surface area contributed by atoms with E-state index >= 15 is 0 Å². The Morgan fingerprint density at radius 3 is 2.60 bits per heavy atom. The summed E-state index contributed by atoms with van der Waals surface area (Å²) in [6.45, 7) is 3.52. The lowest BCUT2D eigenvalue weighted by molar-refractivity contribution is 0.0303. The number of nitrogens with one attached hydrogen (secondary N) is 2. The zero-order valence-corrected chi connectivity index (χ0v) is 13.9. The van der Waals surface area contributed by atoms with E-state index in [0.717, 1.165) is 0 Å². The minimum Gasteiger partial charge on any atom is -0.378 e. The average molecular weight is 343 g/mol. The standard InChI is InChI=1S/C17H21N5O3/c23-16(22-9-11-25-12-10-22)14-1-3-15(4-2-14)20-17(24)19-6-8-21-7-5-18-13-21/h1-5,7,13H,6,8-12H2,(H2,19,20,24). The van der Waals surface area contributed by atoms with Gasteiger partial charge in [0.15, 0.2) is 0 Å². The number of anilines is 1. The van der Waals surface area contributed by atoms with E-state index in [0.29, 0.717) is 50.6 Å². The molecule has 0 saturated carbocycles. The van der Waals surface area contributed by atoms with E-state index < -0.39 is 0 Å². The van der Waals surface area contributed by atoms with Crippen LogP contribution in [0.2, 0.25) is 0 Å². The van der Waals surface area contributed by atoms with Gasteiger partial charge in [0, 0.05) is 49.8 Å². The van der Waals surface area contributed by atoms with Crippen molar-refractivity contribution < 1.29 is 14.3 Å². The highest BCUT2D eigenvalue weighted by molar-refractivity contribution is 5.95. The highest BCUT2D eigenvalue weighted by Gasteiger charge is 2.18. The lowest BCUT2D eigenvalue weighted by Crippen LogP contribution is -2.40. The van der Waals surface area contributed by atoms with Gasteiger partial charge in [0.25, 0.3) is 5.91 Å². The third-order valence-electron chi connectivity index (χ3n) is 3.90. The molecule has 1 aromatic heterocycles. The molecule has 8 nitrogen and oxygen atoms in total. The second kappa shape index (κ2) is 8.29. The van der Waals surface area contributed by atoms with Gasteiger partial charge in [-0.1, -0.05) is 0 Å². The van der Waals surface area contributed by atoms with Crippen LogP contribution in [0, 0.1) is 0 Å². The van der Waals surface area contributed by atoms with Crippen molar-refractivity contribution in [3.8, 4) is 0 Å². The number of benzene rings is 1. The Kier molecular flexibility index (Phi) is 5.63. The molecule has 3 rings (SSSR count). The summed E-state index contributed by atoms with van der Waals surface area (Å²) in [7, 11) is 0. The molecule has 0 unspecified atom stereocenters. The van der Waals surface area contributed by atoms with Crippen LogP contribution >= 0.6 is 0 Å². The number of urea groups is 1. The molecule has 8 heteroatoms. The Labute approximate surface area is 145 Å². The average Bonchev–Trinajstić information content (AvgIpc) is 3.16. The molecule has 0 aliphatic carbocycles. The molecule has 0 atom stereocenters. The van der Waals surface area contributed by atoms with E-state index in [4.69, 9.17) is 4.74 Å². The van der Waals surface area contributed by atoms with Crippen LogP contribution in [0.3, 0.4) is 0 Å².